The predicted molar refractivity (Wildman–Crippen MR) is 132 cm³/mol. The summed E-state index contributed by atoms with van der Waals surface area (Å²) in [5.41, 5.74) is 4.85. The minimum absolute atomic E-state index is 0.0461. The van der Waals surface area contributed by atoms with Crippen molar-refractivity contribution in [3.05, 3.63) is 94.4 Å². The maximum atomic E-state index is 12.1. The zero-order valence-electron chi connectivity index (χ0n) is 18.9. The first-order chi connectivity index (χ1) is 16.2. The third-order valence-electron chi connectivity index (χ3n) is 5.61. The molecule has 0 saturated carbocycles. The van der Waals surface area contributed by atoms with Crippen LogP contribution in [0.3, 0.4) is 0 Å². The molecule has 0 amide bonds. The number of nitrogens with zero attached hydrogens (tertiary/aromatic N) is 4. The first kappa shape index (κ1) is 23.6. The van der Waals surface area contributed by atoms with Gasteiger partial charge in [-0.1, -0.05) is 24.3 Å². The molecule has 0 aliphatic rings. The van der Waals surface area contributed by atoms with Crippen LogP contribution in [-0.4, -0.2) is 47.8 Å². The summed E-state index contributed by atoms with van der Waals surface area (Å²) in [5, 5.41) is 12.2. The van der Waals surface area contributed by atoms with Gasteiger partial charge in [0.15, 0.2) is 0 Å². The van der Waals surface area contributed by atoms with Crippen LogP contribution in [0.1, 0.15) is 11.1 Å². The van der Waals surface area contributed by atoms with E-state index in [9.17, 15) is 18.5 Å². The van der Waals surface area contributed by atoms with Gasteiger partial charge in [0.2, 0.25) is 0 Å². The highest BCUT2D eigenvalue weighted by atomic mass is 32.2. The number of hydrogen-bond acceptors (Lipinski definition) is 5. The number of fused-ring (bicyclic) bond motifs is 1. The lowest BCUT2D eigenvalue weighted by Gasteiger charge is -2.11. The van der Waals surface area contributed by atoms with Crippen molar-refractivity contribution in [1.29, 1.82) is 0 Å². The van der Waals surface area contributed by atoms with E-state index in [0.717, 1.165) is 37.5 Å². The van der Waals surface area contributed by atoms with Crippen LogP contribution >= 0.6 is 0 Å². The standard InChI is InChI=1S/C24H25N5O4S/c1-27(2)34(32,33)26-13-10-21-17-28(16-18-4-3-5-22(14-18)29(30)31)24-15-20(6-7-23(21)24)19-8-11-25-12-9-19/h3-9,11-12,14-15,17,26H,10,13,16H2,1-2H3. The van der Waals surface area contributed by atoms with Crippen molar-refractivity contribution in [3.8, 4) is 11.1 Å². The highest BCUT2D eigenvalue weighted by Crippen LogP contribution is 2.29. The number of hydrogen-bond donors (Lipinski definition) is 1. The highest BCUT2D eigenvalue weighted by Gasteiger charge is 2.15. The van der Waals surface area contributed by atoms with Crippen LogP contribution in [-0.2, 0) is 23.2 Å². The minimum Gasteiger partial charge on any atom is -0.343 e. The summed E-state index contributed by atoms with van der Waals surface area (Å²) >= 11 is 0. The molecule has 1 N–H and O–H groups in total. The van der Waals surface area contributed by atoms with E-state index in [4.69, 9.17) is 0 Å². The third kappa shape index (κ3) is 5.14. The lowest BCUT2D eigenvalue weighted by molar-refractivity contribution is -0.384. The molecular formula is C24H25N5O4S. The monoisotopic (exact) mass is 479 g/mol. The van der Waals surface area contributed by atoms with Gasteiger partial charge in [-0.05, 0) is 46.9 Å². The van der Waals surface area contributed by atoms with Crippen LogP contribution in [0.2, 0.25) is 0 Å². The van der Waals surface area contributed by atoms with Gasteiger partial charge in [0.1, 0.15) is 0 Å². The molecule has 0 radical (unpaired) electrons. The Kier molecular flexibility index (Phi) is 6.73. The van der Waals surface area contributed by atoms with Crippen molar-refractivity contribution in [2.24, 2.45) is 0 Å². The molecule has 4 aromatic rings. The predicted octanol–water partition coefficient (Wildman–Crippen LogP) is 3.60. The van der Waals surface area contributed by atoms with Crippen LogP contribution in [0.25, 0.3) is 22.0 Å². The van der Waals surface area contributed by atoms with Crippen LogP contribution in [0.4, 0.5) is 5.69 Å². The lowest BCUT2D eigenvalue weighted by Crippen LogP contribution is -2.36. The largest absolute Gasteiger partial charge is 0.343 e. The Hall–Kier alpha value is -3.60. The first-order valence-electron chi connectivity index (χ1n) is 10.7. The second kappa shape index (κ2) is 9.72. The molecule has 4 rings (SSSR count). The molecule has 9 nitrogen and oxygen atoms in total. The lowest BCUT2D eigenvalue weighted by atomic mass is 10.0. The molecule has 0 bridgehead atoms. The number of rotatable bonds is 9. The second-order valence-corrected chi connectivity index (χ2v) is 10.1. The van der Waals surface area contributed by atoms with E-state index in [1.807, 2.05) is 36.5 Å². The Morgan fingerprint density at radius 1 is 1.06 bits per heavy atom. The van der Waals surface area contributed by atoms with E-state index in [-0.39, 0.29) is 12.2 Å². The quantitative estimate of drug-likeness (QED) is 0.291. The van der Waals surface area contributed by atoms with Crippen LogP contribution in [0.15, 0.2) is 73.2 Å². The van der Waals surface area contributed by atoms with E-state index < -0.39 is 15.1 Å². The van der Waals surface area contributed by atoms with Gasteiger partial charge >= 0.3 is 0 Å². The van der Waals surface area contributed by atoms with E-state index in [1.54, 1.807) is 24.5 Å². The topological polar surface area (TPSA) is 110 Å². The molecule has 0 atom stereocenters. The molecule has 176 valence electrons. The van der Waals surface area contributed by atoms with Crippen LogP contribution in [0, 0.1) is 10.1 Å². The van der Waals surface area contributed by atoms with Gasteiger partial charge in [-0.25, -0.2) is 4.72 Å². The van der Waals surface area contributed by atoms with Crippen molar-refractivity contribution in [1.82, 2.24) is 18.6 Å². The average Bonchev–Trinajstić information content (AvgIpc) is 3.16. The van der Waals surface area contributed by atoms with Crippen molar-refractivity contribution in [2.45, 2.75) is 13.0 Å². The Bertz CT molecular complexity index is 1430. The van der Waals surface area contributed by atoms with E-state index in [0.29, 0.717) is 13.0 Å². The van der Waals surface area contributed by atoms with Crippen molar-refractivity contribution in [2.75, 3.05) is 20.6 Å². The van der Waals surface area contributed by atoms with Crippen LogP contribution < -0.4 is 4.72 Å². The van der Waals surface area contributed by atoms with E-state index in [1.165, 1.54) is 20.2 Å². The summed E-state index contributed by atoms with van der Waals surface area (Å²) < 4.78 is 29.9. The van der Waals surface area contributed by atoms with Gasteiger partial charge in [0.25, 0.3) is 15.9 Å². The van der Waals surface area contributed by atoms with E-state index >= 15 is 0 Å². The number of nitro groups is 1. The summed E-state index contributed by atoms with van der Waals surface area (Å²) in [5.74, 6) is 0. The number of pyridine rings is 1. The molecule has 0 spiro atoms. The van der Waals surface area contributed by atoms with Gasteiger partial charge in [0.05, 0.1) is 4.92 Å². The zero-order valence-corrected chi connectivity index (χ0v) is 19.7. The van der Waals surface area contributed by atoms with Gasteiger partial charge < -0.3 is 4.57 Å². The molecule has 0 aliphatic carbocycles. The molecule has 10 heteroatoms. The SMILES string of the molecule is CN(C)S(=O)(=O)NCCc1cn(Cc2cccc([N+](=O)[O-])c2)c2cc(-c3ccncc3)ccc12. The molecule has 0 aliphatic heterocycles. The maximum absolute atomic E-state index is 12.1. The van der Waals surface area contributed by atoms with E-state index in [2.05, 4.69) is 20.3 Å². The molecule has 2 aromatic carbocycles. The zero-order chi connectivity index (χ0) is 24.3. The summed E-state index contributed by atoms with van der Waals surface area (Å²) in [7, 11) is -0.552. The average molecular weight is 480 g/mol. The Balaban J connectivity index is 1.71. The smallest absolute Gasteiger partial charge is 0.278 e. The van der Waals surface area contributed by atoms with Gasteiger partial charge in [0, 0.05) is 68.8 Å². The molecule has 2 aromatic heterocycles. The molecular weight excluding hydrogens is 454 g/mol. The number of nitro benzene ring substituents is 1. The first-order valence-corrected chi connectivity index (χ1v) is 12.1. The molecule has 0 fully saturated rings. The normalized spacial score (nSPS) is 11.9. The second-order valence-electron chi connectivity index (χ2n) is 8.11. The Labute approximate surface area is 198 Å². The van der Waals surface area contributed by atoms with Crippen molar-refractivity contribution >= 4 is 26.8 Å². The molecule has 34 heavy (non-hydrogen) atoms. The van der Waals surface area contributed by atoms with Gasteiger partial charge in [-0.15, -0.1) is 0 Å². The fraction of sp³-hybridized carbons (Fsp3) is 0.208. The Morgan fingerprint density at radius 2 is 1.82 bits per heavy atom. The van der Waals surface area contributed by atoms with Crippen molar-refractivity contribution < 1.29 is 13.3 Å². The number of non-ortho nitro benzene ring substituents is 1. The number of nitrogens with one attached hydrogen (secondary N) is 1. The fourth-order valence-corrected chi connectivity index (χ4v) is 4.45. The molecule has 2 heterocycles. The van der Waals surface area contributed by atoms with Crippen molar-refractivity contribution in [3.63, 3.8) is 0 Å². The maximum Gasteiger partial charge on any atom is 0.278 e. The minimum atomic E-state index is -3.51. The molecule has 0 unspecified atom stereocenters. The number of benzene rings is 2. The molecule has 0 saturated heterocycles. The highest BCUT2D eigenvalue weighted by molar-refractivity contribution is 7.87. The fourth-order valence-electron chi connectivity index (χ4n) is 3.83. The Morgan fingerprint density at radius 3 is 2.53 bits per heavy atom. The third-order valence-corrected chi connectivity index (χ3v) is 7.14. The van der Waals surface area contributed by atoms with Gasteiger partial charge in [-0.2, -0.15) is 12.7 Å². The summed E-state index contributed by atoms with van der Waals surface area (Å²) in [4.78, 5) is 14.9. The van der Waals surface area contributed by atoms with Crippen LogP contribution in [0.5, 0.6) is 0 Å². The summed E-state index contributed by atoms with van der Waals surface area (Å²) in [6, 6.07) is 16.6. The summed E-state index contributed by atoms with van der Waals surface area (Å²) in [6.45, 7) is 0.698. The number of aromatic nitrogens is 2. The van der Waals surface area contributed by atoms with Gasteiger partial charge in [-0.3, -0.25) is 15.1 Å². The summed E-state index contributed by atoms with van der Waals surface area (Å²) in [6.07, 6.45) is 5.97.